The number of hydrogen-bond acceptors (Lipinski definition) is 7. The van der Waals surface area contributed by atoms with Gasteiger partial charge in [0.05, 0.1) is 12.7 Å². The Balaban J connectivity index is 1.19. The van der Waals surface area contributed by atoms with Crippen LogP contribution in [0.25, 0.3) is 11.3 Å². The Morgan fingerprint density at radius 2 is 1.91 bits per heavy atom. The van der Waals surface area contributed by atoms with E-state index in [1.807, 2.05) is 4.90 Å². The number of aromatic nitrogens is 2. The van der Waals surface area contributed by atoms with Gasteiger partial charge in [-0.2, -0.15) is 0 Å². The minimum atomic E-state index is -0.315. The lowest BCUT2D eigenvalue weighted by atomic mass is 10.2. The quantitative estimate of drug-likeness (QED) is 0.601. The first-order valence-electron chi connectivity index (χ1n) is 10.4. The van der Waals surface area contributed by atoms with Crippen LogP contribution in [0.1, 0.15) is 18.1 Å². The average molecular weight is 441 g/mol. The number of anilines is 1. The number of oxazole rings is 1. The minimum Gasteiger partial charge on any atom is -0.441 e. The fourth-order valence-corrected chi connectivity index (χ4v) is 3.51. The number of nitrogens with zero attached hydrogens (tertiary/aromatic N) is 4. The lowest BCUT2D eigenvalue weighted by Gasteiger charge is -2.34. The highest BCUT2D eigenvalue weighted by Crippen LogP contribution is 2.21. The summed E-state index contributed by atoms with van der Waals surface area (Å²) in [5.74, 6) is 1.58. The number of amides is 2. The van der Waals surface area contributed by atoms with Crippen LogP contribution in [0.4, 0.5) is 10.2 Å². The minimum absolute atomic E-state index is 0.0220. The number of benzene rings is 1. The molecule has 1 aromatic carbocycles. The Bertz CT molecular complexity index is 1070. The second-order valence-corrected chi connectivity index (χ2v) is 7.65. The Kier molecular flexibility index (Phi) is 6.60. The summed E-state index contributed by atoms with van der Waals surface area (Å²) >= 11 is 0. The summed E-state index contributed by atoms with van der Waals surface area (Å²) in [6, 6.07) is 7.62. The summed E-state index contributed by atoms with van der Waals surface area (Å²) in [6.45, 7) is 4.33. The van der Waals surface area contributed by atoms with Crippen LogP contribution in [0, 0.1) is 12.7 Å². The Morgan fingerprint density at radius 1 is 1.16 bits per heavy atom. The monoisotopic (exact) mass is 441 g/mol. The van der Waals surface area contributed by atoms with E-state index in [1.165, 1.54) is 12.1 Å². The third kappa shape index (κ3) is 5.58. The van der Waals surface area contributed by atoms with Crippen molar-refractivity contribution in [3.05, 3.63) is 54.0 Å². The number of nitrogens with one attached hydrogen (secondary N) is 1. The maximum Gasteiger partial charge on any atom is 0.239 e. The summed E-state index contributed by atoms with van der Waals surface area (Å²) in [5, 5.41) is 6.44. The number of rotatable bonds is 7. The zero-order valence-corrected chi connectivity index (χ0v) is 17.7. The predicted octanol–water partition coefficient (Wildman–Crippen LogP) is 2.49. The molecule has 0 saturated carbocycles. The summed E-state index contributed by atoms with van der Waals surface area (Å²) in [7, 11) is 0. The van der Waals surface area contributed by atoms with Crippen molar-refractivity contribution in [1.82, 2.24) is 19.9 Å². The molecule has 1 saturated heterocycles. The van der Waals surface area contributed by atoms with Gasteiger partial charge in [-0.3, -0.25) is 14.5 Å². The van der Waals surface area contributed by atoms with Gasteiger partial charge in [-0.15, -0.1) is 0 Å². The molecule has 1 aliphatic rings. The van der Waals surface area contributed by atoms with E-state index >= 15 is 0 Å². The predicted molar refractivity (Wildman–Crippen MR) is 113 cm³/mol. The molecular weight excluding hydrogens is 417 g/mol. The Hall–Kier alpha value is -3.53. The molecule has 1 fully saturated rings. The van der Waals surface area contributed by atoms with Crippen molar-refractivity contribution < 1.29 is 22.9 Å². The number of piperazine rings is 1. The fourth-order valence-electron chi connectivity index (χ4n) is 3.51. The first-order chi connectivity index (χ1) is 15.5. The van der Waals surface area contributed by atoms with Crippen molar-refractivity contribution in [1.29, 1.82) is 0 Å². The average Bonchev–Trinajstić information content (AvgIpc) is 3.42. The molecule has 0 bridgehead atoms. The molecule has 3 aromatic rings. The van der Waals surface area contributed by atoms with E-state index < -0.39 is 0 Å². The Morgan fingerprint density at radius 3 is 2.59 bits per heavy atom. The van der Waals surface area contributed by atoms with Crippen LogP contribution in [0.3, 0.4) is 0 Å². The number of halogens is 1. The van der Waals surface area contributed by atoms with Gasteiger partial charge < -0.3 is 19.2 Å². The van der Waals surface area contributed by atoms with E-state index in [2.05, 4.69) is 15.5 Å². The van der Waals surface area contributed by atoms with Gasteiger partial charge in [-0.1, -0.05) is 5.16 Å². The first kappa shape index (κ1) is 21.7. The molecular formula is C22H24FN5O4. The highest BCUT2D eigenvalue weighted by atomic mass is 19.1. The van der Waals surface area contributed by atoms with Crippen LogP contribution < -0.4 is 5.32 Å². The number of aryl methyl sites for hydroxylation is 2. The van der Waals surface area contributed by atoms with Crippen molar-refractivity contribution in [2.24, 2.45) is 0 Å². The van der Waals surface area contributed by atoms with Gasteiger partial charge in [0.25, 0.3) is 0 Å². The van der Waals surface area contributed by atoms with E-state index in [1.54, 1.807) is 36.2 Å². The van der Waals surface area contributed by atoms with E-state index in [4.69, 9.17) is 8.94 Å². The van der Waals surface area contributed by atoms with Gasteiger partial charge in [0, 0.05) is 50.7 Å². The van der Waals surface area contributed by atoms with Gasteiger partial charge in [-0.05, 0) is 31.2 Å². The van der Waals surface area contributed by atoms with E-state index in [-0.39, 0.29) is 30.6 Å². The summed E-state index contributed by atoms with van der Waals surface area (Å²) in [4.78, 5) is 32.7. The lowest BCUT2D eigenvalue weighted by molar-refractivity contribution is -0.133. The molecule has 0 unspecified atom stereocenters. The molecule has 1 N–H and O–H groups in total. The van der Waals surface area contributed by atoms with Crippen molar-refractivity contribution in [2.45, 2.75) is 19.8 Å². The number of hydrogen-bond donors (Lipinski definition) is 1. The molecule has 1 aliphatic heterocycles. The summed E-state index contributed by atoms with van der Waals surface area (Å²) < 4.78 is 23.7. The summed E-state index contributed by atoms with van der Waals surface area (Å²) in [5.41, 5.74) is 0.732. The zero-order chi connectivity index (χ0) is 22.5. The zero-order valence-electron chi connectivity index (χ0n) is 17.7. The highest BCUT2D eigenvalue weighted by molar-refractivity contribution is 5.91. The van der Waals surface area contributed by atoms with E-state index in [0.29, 0.717) is 55.8 Å². The molecule has 0 spiro atoms. The molecule has 9 nitrogen and oxygen atoms in total. The van der Waals surface area contributed by atoms with Gasteiger partial charge >= 0.3 is 0 Å². The summed E-state index contributed by atoms with van der Waals surface area (Å²) in [6.07, 6.45) is 2.26. The lowest BCUT2D eigenvalue weighted by Crippen LogP contribution is -2.50. The molecule has 0 radical (unpaired) electrons. The van der Waals surface area contributed by atoms with Crippen LogP contribution in [-0.4, -0.2) is 64.5 Å². The van der Waals surface area contributed by atoms with Crippen LogP contribution in [0.15, 0.2) is 45.5 Å². The smallest absolute Gasteiger partial charge is 0.239 e. The molecule has 10 heteroatoms. The van der Waals surface area contributed by atoms with Crippen LogP contribution in [-0.2, 0) is 16.0 Å². The molecule has 0 aliphatic carbocycles. The second kappa shape index (κ2) is 9.73. The maximum atomic E-state index is 13.1. The molecule has 168 valence electrons. The highest BCUT2D eigenvalue weighted by Gasteiger charge is 2.23. The fraction of sp³-hybridized carbons (Fsp3) is 0.364. The van der Waals surface area contributed by atoms with Crippen LogP contribution in [0.5, 0.6) is 0 Å². The number of carbonyl (C=O) groups is 2. The van der Waals surface area contributed by atoms with Gasteiger partial charge in [0.2, 0.25) is 11.8 Å². The first-order valence-corrected chi connectivity index (χ1v) is 10.4. The van der Waals surface area contributed by atoms with Gasteiger partial charge in [-0.25, -0.2) is 9.37 Å². The molecule has 2 aromatic heterocycles. The normalized spacial score (nSPS) is 14.5. The molecule has 0 atom stereocenters. The second-order valence-electron chi connectivity index (χ2n) is 7.65. The van der Waals surface area contributed by atoms with Crippen molar-refractivity contribution >= 4 is 17.6 Å². The standard InChI is InChI=1S/C22H24FN5O4/c1-15-12-19(26-32-15)25-20(29)14-27-8-10-28(11-9-27)22(30)7-6-21-24-13-18(31-21)16-2-4-17(23)5-3-16/h2-5,12-13H,6-11,14H2,1H3,(H,25,26,29). The van der Waals surface area contributed by atoms with Crippen molar-refractivity contribution in [2.75, 3.05) is 38.0 Å². The van der Waals surface area contributed by atoms with Gasteiger partial charge in [0.1, 0.15) is 11.6 Å². The van der Waals surface area contributed by atoms with Gasteiger partial charge in [0.15, 0.2) is 17.5 Å². The number of carbonyl (C=O) groups excluding carboxylic acids is 2. The third-order valence-electron chi connectivity index (χ3n) is 5.22. The third-order valence-corrected chi connectivity index (χ3v) is 5.22. The molecule has 3 heterocycles. The van der Waals surface area contributed by atoms with Crippen LogP contribution >= 0.6 is 0 Å². The van der Waals surface area contributed by atoms with Crippen molar-refractivity contribution in [3.8, 4) is 11.3 Å². The maximum absolute atomic E-state index is 13.1. The van der Waals surface area contributed by atoms with Crippen LogP contribution in [0.2, 0.25) is 0 Å². The molecule has 32 heavy (non-hydrogen) atoms. The SMILES string of the molecule is Cc1cc(NC(=O)CN2CCN(C(=O)CCc3ncc(-c4ccc(F)cc4)o3)CC2)no1. The van der Waals surface area contributed by atoms with Crippen molar-refractivity contribution in [3.63, 3.8) is 0 Å². The van der Waals surface area contributed by atoms with E-state index in [9.17, 15) is 14.0 Å². The molecule has 4 rings (SSSR count). The largest absolute Gasteiger partial charge is 0.441 e. The Labute approximate surface area is 184 Å². The van der Waals surface area contributed by atoms with E-state index in [0.717, 1.165) is 5.56 Å². The topological polar surface area (TPSA) is 105 Å². The molecule has 2 amide bonds.